The Bertz CT molecular complexity index is 947. The molecule has 0 aliphatic carbocycles. The zero-order chi connectivity index (χ0) is 19.3. The topological polar surface area (TPSA) is 86.6 Å². The van der Waals surface area contributed by atoms with E-state index in [9.17, 15) is 21.6 Å². The van der Waals surface area contributed by atoms with Crippen LogP contribution in [-0.4, -0.2) is 54.5 Å². The van der Waals surface area contributed by atoms with Gasteiger partial charge >= 0.3 is 15.6 Å². The predicted octanol–water partition coefficient (Wildman–Crippen LogP) is 2.08. The Morgan fingerprint density at radius 2 is 2.12 bits per heavy atom. The highest BCUT2D eigenvalue weighted by atomic mass is 35.5. The number of aromatic nitrogens is 3. The van der Waals surface area contributed by atoms with Gasteiger partial charge in [0.15, 0.2) is 10.9 Å². The summed E-state index contributed by atoms with van der Waals surface area (Å²) in [5.74, 6) is -0.335. The zero-order valence-corrected chi connectivity index (χ0v) is 15.2. The van der Waals surface area contributed by atoms with Crippen LogP contribution in [0.2, 0.25) is 5.15 Å². The summed E-state index contributed by atoms with van der Waals surface area (Å²) in [5.41, 5.74) is -5.59. The number of anilines is 1. The molecule has 0 bridgehead atoms. The standard InChI is InChI=1S/C13H14ClF3N4O4S/c1-7-6-24-4-3-21(7)9-5-8(25-26(22,23)13(15,16)17)11-10(18-9)12(14)19-20(11)2/h5,7H,3-4,6H2,1-2H3/t7-/m1/s1. The number of halogens is 4. The molecule has 144 valence electrons. The van der Waals surface area contributed by atoms with E-state index in [4.69, 9.17) is 16.3 Å². The van der Waals surface area contributed by atoms with E-state index in [0.29, 0.717) is 19.8 Å². The smallest absolute Gasteiger partial charge is 0.377 e. The molecule has 0 unspecified atom stereocenters. The van der Waals surface area contributed by atoms with Gasteiger partial charge in [-0.25, -0.2) is 4.98 Å². The fourth-order valence-electron chi connectivity index (χ4n) is 2.63. The van der Waals surface area contributed by atoms with E-state index in [0.717, 1.165) is 10.7 Å². The first-order chi connectivity index (χ1) is 12.0. The number of pyridine rings is 1. The molecule has 0 saturated carbocycles. The Kier molecular flexibility index (Phi) is 4.69. The van der Waals surface area contributed by atoms with Crippen molar-refractivity contribution in [2.75, 3.05) is 24.7 Å². The van der Waals surface area contributed by atoms with Crippen LogP contribution in [0.4, 0.5) is 19.0 Å². The fraction of sp³-hybridized carbons (Fsp3) is 0.538. The van der Waals surface area contributed by atoms with Crippen LogP contribution in [0.25, 0.3) is 11.0 Å². The van der Waals surface area contributed by atoms with Gasteiger partial charge in [0.05, 0.1) is 19.3 Å². The van der Waals surface area contributed by atoms with Crippen molar-refractivity contribution in [3.8, 4) is 5.75 Å². The molecule has 13 heteroatoms. The second-order valence-corrected chi connectivity index (χ2v) is 7.59. The molecule has 1 aliphatic rings. The van der Waals surface area contributed by atoms with Gasteiger partial charge in [0, 0.05) is 19.7 Å². The van der Waals surface area contributed by atoms with Gasteiger partial charge < -0.3 is 13.8 Å². The molecule has 8 nitrogen and oxygen atoms in total. The van der Waals surface area contributed by atoms with Gasteiger partial charge in [0.1, 0.15) is 16.9 Å². The summed E-state index contributed by atoms with van der Waals surface area (Å²) in [7, 11) is -4.48. The molecule has 0 radical (unpaired) electrons. The Balaban J connectivity index is 2.17. The van der Waals surface area contributed by atoms with E-state index in [1.807, 2.05) is 6.92 Å². The van der Waals surface area contributed by atoms with Crippen LogP contribution in [0.5, 0.6) is 5.75 Å². The second-order valence-electron chi connectivity index (χ2n) is 5.69. The lowest BCUT2D eigenvalue weighted by Gasteiger charge is -2.34. The van der Waals surface area contributed by atoms with E-state index in [1.165, 1.54) is 7.05 Å². The zero-order valence-electron chi connectivity index (χ0n) is 13.6. The Morgan fingerprint density at radius 3 is 2.73 bits per heavy atom. The van der Waals surface area contributed by atoms with Crippen molar-refractivity contribution >= 4 is 38.6 Å². The highest BCUT2D eigenvalue weighted by Crippen LogP contribution is 2.36. The van der Waals surface area contributed by atoms with Gasteiger partial charge in [-0.1, -0.05) is 11.6 Å². The predicted molar refractivity (Wildman–Crippen MR) is 86.7 cm³/mol. The molecule has 1 atom stereocenters. The molecule has 1 saturated heterocycles. The van der Waals surface area contributed by atoms with E-state index in [-0.39, 0.29) is 28.0 Å². The summed E-state index contributed by atoms with van der Waals surface area (Å²) in [4.78, 5) is 6.08. The third kappa shape index (κ3) is 3.28. The molecule has 1 fully saturated rings. The Morgan fingerprint density at radius 1 is 1.42 bits per heavy atom. The van der Waals surface area contributed by atoms with E-state index < -0.39 is 21.4 Å². The average Bonchev–Trinajstić information content (AvgIpc) is 2.81. The van der Waals surface area contributed by atoms with Crippen LogP contribution in [-0.2, 0) is 21.9 Å². The molecule has 0 amide bonds. The second kappa shape index (κ2) is 6.43. The van der Waals surface area contributed by atoms with Gasteiger partial charge in [-0.05, 0) is 6.92 Å². The van der Waals surface area contributed by atoms with Crippen LogP contribution in [0.1, 0.15) is 6.92 Å². The molecule has 1 aliphatic heterocycles. The molecular formula is C13H14ClF3N4O4S. The summed E-state index contributed by atoms with van der Waals surface area (Å²) in [6.07, 6.45) is 0. The van der Waals surface area contributed by atoms with Crippen molar-refractivity contribution in [3.05, 3.63) is 11.2 Å². The fourth-order valence-corrected chi connectivity index (χ4v) is 3.33. The molecule has 3 heterocycles. The number of fused-ring (bicyclic) bond motifs is 1. The summed E-state index contributed by atoms with van der Waals surface area (Å²) in [5, 5.41) is 3.78. The molecule has 0 spiro atoms. The van der Waals surface area contributed by atoms with Crippen LogP contribution >= 0.6 is 11.6 Å². The molecule has 2 aromatic heterocycles. The number of nitrogens with zero attached hydrogens (tertiary/aromatic N) is 4. The van der Waals surface area contributed by atoms with Gasteiger partial charge in [0.25, 0.3) is 0 Å². The maximum Gasteiger partial charge on any atom is 0.534 e. The average molecular weight is 415 g/mol. The number of rotatable bonds is 3. The van der Waals surface area contributed by atoms with Crippen molar-refractivity contribution in [2.45, 2.75) is 18.5 Å². The van der Waals surface area contributed by atoms with Gasteiger partial charge in [-0.3, -0.25) is 4.68 Å². The minimum absolute atomic E-state index is 0.0396. The van der Waals surface area contributed by atoms with Crippen molar-refractivity contribution in [1.82, 2.24) is 14.8 Å². The number of hydrogen-bond donors (Lipinski definition) is 0. The number of morpholine rings is 1. The first-order valence-electron chi connectivity index (χ1n) is 7.39. The maximum absolute atomic E-state index is 12.7. The van der Waals surface area contributed by atoms with E-state index in [1.54, 1.807) is 4.90 Å². The van der Waals surface area contributed by atoms with Gasteiger partial charge in [0.2, 0.25) is 0 Å². The third-order valence-electron chi connectivity index (χ3n) is 3.85. The highest BCUT2D eigenvalue weighted by Gasteiger charge is 2.49. The Labute approximate surface area is 151 Å². The molecule has 0 N–H and O–H groups in total. The maximum atomic E-state index is 12.7. The summed E-state index contributed by atoms with van der Waals surface area (Å²) >= 11 is 5.99. The SMILES string of the molecule is C[C@@H]1COCCN1c1cc(OS(=O)(=O)C(F)(F)F)c2c(n1)c(Cl)nn2C. The highest BCUT2D eigenvalue weighted by molar-refractivity contribution is 7.88. The minimum Gasteiger partial charge on any atom is -0.377 e. The number of hydrogen-bond acceptors (Lipinski definition) is 7. The quantitative estimate of drug-likeness (QED) is 0.561. The summed E-state index contributed by atoms with van der Waals surface area (Å²) in [6, 6.07) is 1.00. The molecular weight excluding hydrogens is 401 g/mol. The summed E-state index contributed by atoms with van der Waals surface area (Å²) < 4.78 is 72.0. The van der Waals surface area contributed by atoms with Crippen molar-refractivity contribution in [3.63, 3.8) is 0 Å². The van der Waals surface area contributed by atoms with Gasteiger partial charge in [-0.15, -0.1) is 0 Å². The lowest BCUT2D eigenvalue weighted by atomic mass is 10.2. The van der Waals surface area contributed by atoms with Gasteiger partial charge in [-0.2, -0.15) is 26.7 Å². The third-order valence-corrected chi connectivity index (χ3v) is 5.07. The Hall–Kier alpha value is -1.79. The van der Waals surface area contributed by atoms with Crippen LogP contribution in [0.15, 0.2) is 6.07 Å². The summed E-state index contributed by atoms with van der Waals surface area (Å²) in [6.45, 7) is 3.03. The first kappa shape index (κ1) is 19.0. The molecule has 3 rings (SSSR count). The lowest BCUT2D eigenvalue weighted by molar-refractivity contribution is -0.0499. The van der Waals surface area contributed by atoms with Crippen molar-refractivity contribution in [1.29, 1.82) is 0 Å². The number of ether oxygens (including phenoxy) is 1. The van der Waals surface area contributed by atoms with Crippen LogP contribution in [0, 0.1) is 0 Å². The molecule has 0 aromatic carbocycles. The largest absolute Gasteiger partial charge is 0.534 e. The van der Waals surface area contributed by atoms with Crippen molar-refractivity contribution < 1.29 is 30.5 Å². The van der Waals surface area contributed by atoms with Crippen molar-refractivity contribution in [2.24, 2.45) is 7.05 Å². The molecule has 2 aromatic rings. The van der Waals surface area contributed by atoms with Crippen LogP contribution in [0.3, 0.4) is 0 Å². The van der Waals surface area contributed by atoms with Crippen LogP contribution < -0.4 is 9.08 Å². The number of aryl methyl sites for hydroxylation is 1. The lowest BCUT2D eigenvalue weighted by Crippen LogP contribution is -2.44. The monoisotopic (exact) mass is 414 g/mol. The molecule has 26 heavy (non-hydrogen) atoms. The van der Waals surface area contributed by atoms with E-state index in [2.05, 4.69) is 14.3 Å². The first-order valence-corrected chi connectivity index (χ1v) is 9.18. The van der Waals surface area contributed by atoms with E-state index >= 15 is 0 Å². The normalized spacial score (nSPS) is 19.2. The number of alkyl halides is 3. The minimum atomic E-state index is -5.87.